The van der Waals surface area contributed by atoms with E-state index in [1.807, 2.05) is 47.0 Å². The van der Waals surface area contributed by atoms with Gasteiger partial charge in [0.2, 0.25) is 0 Å². The maximum Gasteiger partial charge on any atom is 0.110 e. The van der Waals surface area contributed by atoms with Crippen molar-refractivity contribution in [2.24, 2.45) is 0 Å². The normalized spacial score (nSPS) is 19.1. The lowest BCUT2D eigenvalue weighted by atomic mass is 10.9. The molecule has 2 aliphatic rings. The molecule has 0 fully saturated rings. The molecule has 0 unspecified atom stereocenters. The molecule has 118 valence electrons. The molecular weight excluding hydrogens is 485 g/mol. The van der Waals surface area contributed by atoms with Crippen LogP contribution in [0.4, 0.5) is 0 Å². The highest BCUT2D eigenvalue weighted by atomic mass is 32.3. The lowest BCUT2D eigenvalue weighted by Gasteiger charge is -1.94. The molecule has 0 spiro atoms. The molecule has 3 rings (SSSR count). The fourth-order valence-electron chi connectivity index (χ4n) is 1.48. The summed E-state index contributed by atoms with van der Waals surface area (Å²) in [7, 11) is 0. The molecule has 2 aliphatic heterocycles. The molecule has 0 atom stereocenters. The van der Waals surface area contributed by atoms with Crippen molar-refractivity contribution in [1.82, 2.24) is 0 Å². The Morgan fingerprint density at radius 3 is 1.86 bits per heavy atom. The summed E-state index contributed by atoms with van der Waals surface area (Å²) in [5.74, 6) is 0. The molecule has 11 heteroatoms. The summed E-state index contributed by atoms with van der Waals surface area (Å²) in [4.78, 5) is 0. The van der Waals surface area contributed by atoms with Crippen molar-refractivity contribution in [2.75, 3.05) is 12.5 Å². The van der Waals surface area contributed by atoms with E-state index in [0.29, 0.717) is 0 Å². The molecule has 0 radical (unpaired) electrons. The average Bonchev–Trinajstić information content (AvgIpc) is 3.16. The molecule has 0 bridgehead atoms. The van der Waals surface area contributed by atoms with Crippen LogP contribution >= 0.6 is 131 Å². The highest BCUT2D eigenvalue weighted by molar-refractivity contribution is 8.46. The van der Waals surface area contributed by atoms with E-state index in [0.717, 1.165) is 12.3 Å². The van der Waals surface area contributed by atoms with Crippen molar-refractivity contribution in [3.8, 4) is 0 Å². The standard InChI is InChI=1S/C11H8S11/c1-15-8-9(16-2)22-11(21-8)10-17-3(4(12)18-10)7-19-5(13)6(14)20-7/h13-14H,1-2H3. The van der Waals surface area contributed by atoms with Gasteiger partial charge in [0.05, 0.1) is 30.0 Å². The lowest BCUT2D eigenvalue weighted by Crippen LogP contribution is -1.96. The summed E-state index contributed by atoms with van der Waals surface area (Å²) in [5.41, 5.74) is 0. The third-order valence-electron chi connectivity index (χ3n) is 2.39. The van der Waals surface area contributed by atoms with E-state index in [2.05, 4.69) is 37.8 Å². The summed E-state index contributed by atoms with van der Waals surface area (Å²) in [5, 5.41) is 0. The maximum absolute atomic E-state index is 5.60. The molecule has 0 saturated carbocycles. The third kappa shape index (κ3) is 3.99. The highest BCUT2D eigenvalue weighted by Gasteiger charge is 2.22. The van der Waals surface area contributed by atoms with Crippen molar-refractivity contribution in [1.29, 1.82) is 0 Å². The van der Waals surface area contributed by atoms with E-state index in [4.69, 9.17) is 12.2 Å². The Morgan fingerprint density at radius 2 is 1.36 bits per heavy atom. The van der Waals surface area contributed by atoms with Crippen molar-refractivity contribution >= 4 is 139 Å². The SMILES string of the molecule is CSC1=C(SC)SC(=c2sc(=S)c(=C3SC(S)=C(S)S3)s2)S1. The van der Waals surface area contributed by atoms with Gasteiger partial charge in [-0.15, -0.1) is 71.5 Å². The van der Waals surface area contributed by atoms with Gasteiger partial charge in [0.1, 0.15) is 7.67 Å². The molecule has 0 saturated heterocycles. The predicted molar refractivity (Wildman–Crippen MR) is 129 cm³/mol. The van der Waals surface area contributed by atoms with Crippen LogP contribution in [0.5, 0.6) is 0 Å². The van der Waals surface area contributed by atoms with Crippen LogP contribution in [-0.4, -0.2) is 12.5 Å². The van der Waals surface area contributed by atoms with Crippen LogP contribution in [0.2, 0.25) is 0 Å². The second kappa shape index (κ2) is 8.32. The van der Waals surface area contributed by atoms with Crippen molar-refractivity contribution in [3.63, 3.8) is 0 Å². The van der Waals surface area contributed by atoms with E-state index >= 15 is 0 Å². The first-order valence-corrected chi connectivity index (χ1v) is 14.2. The van der Waals surface area contributed by atoms with Crippen LogP contribution in [0.25, 0.3) is 8.47 Å². The lowest BCUT2D eigenvalue weighted by molar-refractivity contribution is 2.04. The molecule has 1 aromatic heterocycles. The zero-order valence-corrected chi connectivity index (χ0v) is 20.2. The summed E-state index contributed by atoms with van der Waals surface area (Å²) in [6.45, 7) is 0. The molecule has 0 N–H and O–H groups in total. The van der Waals surface area contributed by atoms with Crippen molar-refractivity contribution in [2.45, 2.75) is 0 Å². The molecule has 0 aromatic carbocycles. The minimum Gasteiger partial charge on any atom is -0.135 e. The van der Waals surface area contributed by atoms with Crippen LogP contribution in [0.1, 0.15) is 0 Å². The smallest absolute Gasteiger partial charge is 0.110 e. The molecule has 1 aromatic rings. The summed E-state index contributed by atoms with van der Waals surface area (Å²) >= 11 is 28.7. The van der Waals surface area contributed by atoms with Gasteiger partial charge in [0.25, 0.3) is 0 Å². The number of thiol groups is 2. The van der Waals surface area contributed by atoms with Crippen LogP contribution in [-0.2, 0) is 0 Å². The number of thioether (sulfide) groups is 6. The summed E-state index contributed by atoms with van der Waals surface area (Å²) in [6.07, 6.45) is 4.28. The third-order valence-corrected chi connectivity index (χ3v) is 15.1. The van der Waals surface area contributed by atoms with Gasteiger partial charge in [0, 0.05) is 0 Å². The van der Waals surface area contributed by atoms with Gasteiger partial charge in [-0.2, -0.15) is 0 Å². The summed E-state index contributed by atoms with van der Waals surface area (Å²) < 4.78 is 10.8. The quantitative estimate of drug-likeness (QED) is 0.354. The second-order valence-electron chi connectivity index (χ2n) is 3.68. The van der Waals surface area contributed by atoms with Gasteiger partial charge in [0.15, 0.2) is 0 Å². The second-order valence-corrected chi connectivity index (χ2v) is 14.9. The van der Waals surface area contributed by atoms with E-state index < -0.39 is 0 Å². The van der Waals surface area contributed by atoms with E-state index in [1.165, 1.54) is 25.3 Å². The minimum absolute atomic E-state index is 0.964. The van der Waals surface area contributed by atoms with Gasteiger partial charge in [-0.3, -0.25) is 0 Å². The van der Waals surface area contributed by atoms with E-state index in [9.17, 15) is 0 Å². The van der Waals surface area contributed by atoms with Crippen molar-refractivity contribution in [3.05, 3.63) is 29.2 Å². The van der Waals surface area contributed by atoms with Crippen LogP contribution in [0.3, 0.4) is 0 Å². The predicted octanol–water partition coefficient (Wildman–Crippen LogP) is 6.47. The van der Waals surface area contributed by atoms with E-state index in [-0.39, 0.29) is 0 Å². The first-order valence-electron chi connectivity index (χ1n) is 5.58. The Morgan fingerprint density at radius 1 is 0.818 bits per heavy atom. The highest BCUT2D eigenvalue weighted by Crippen LogP contribution is 2.57. The molecule has 0 aliphatic carbocycles. The molecule has 0 nitrogen and oxygen atoms in total. The monoisotopic (exact) mass is 492 g/mol. The van der Waals surface area contributed by atoms with Gasteiger partial charge in [-0.25, -0.2) is 0 Å². The topological polar surface area (TPSA) is 0 Å². The van der Waals surface area contributed by atoms with E-state index in [1.54, 1.807) is 46.2 Å². The number of hydrogen-bond donors (Lipinski definition) is 2. The average molecular weight is 493 g/mol. The van der Waals surface area contributed by atoms with Gasteiger partial charge >= 0.3 is 0 Å². The van der Waals surface area contributed by atoms with Gasteiger partial charge < -0.3 is 0 Å². The number of rotatable bonds is 2. The molecule has 22 heavy (non-hydrogen) atoms. The zero-order valence-electron chi connectivity index (χ0n) is 11.1. The zero-order chi connectivity index (χ0) is 15.9. The Hall–Kier alpha value is 2.29. The maximum atomic E-state index is 5.60. The Balaban J connectivity index is 2.04. The Bertz CT molecular complexity index is 815. The Labute approximate surface area is 178 Å². The Kier molecular flexibility index (Phi) is 7.21. The molecular formula is C11H8S11. The van der Waals surface area contributed by atoms with Gasteiger partial charge in [-0.05, 0) is 12.5 Å². The fraction of sp³-hybridized carbons (Fsp3) is 0.182. The first-order chi connectivity index (χ1) is 10.5. The summed E-state index contributed by atoms with van der Waals surface area (Å²) in [6, 6.07) is 0. The van der Waals surface area contributed by atoms with Crippen LogP contribution < -0.4 is 8.38 Å². The minimum atomic E-state index is 0.964. The molecule has 3 heterocycles. The van der Waals surface area contributed by atoms with Crippen molar-refractivity contribution < 1.29 is 0 Å². The first kappa shape index (κ1) is 19.1. The van der Waals surface area contributed by atoms with Crippen LogP contribution in [0.15, 0.2) is 16.9 Å². The molecule has 0 amide bonds. The van der Waals surface area contributed by atoms with Gasteiger partial charge in [-0.1, -0.05) is 59.3 Å². The largest absolute Gasteiger partial charge is 0.135 e. The van der Waals surface area contributed by atoms with Crippen LogP contribution in [0, 0.1) is 3.82 Å². The fourth-order valence-corrected chi connectivity index (χ4v) is 13.3. The number of hydrogen-bond acceptors (Lipinski definition) is 11.